The molecule has 3 atom stereocenters. The number of nitrogens with one attached hydrogen (secondary N) is 2. The normalized spacial score (nSPS) is 23.8. The predicted octanol–water partition coefficient (Wildman–Crippen LogP) is 2.94. The summed E-state index contributed by atoms with van der Waals surface area (Å²) in [5.41, 5.74) is 2.68. The van der Waals surface area contributed by atoms with Crippen molar-refractivity contribution in [2.45, 2.75) is 59.0 Å². The Kier molecular flexibility index (Phi) is 12.4. The number of aliphatic imine (C=N–C) groups is 1. The van der Waals surface area contributed by atoms with E-state index in [1.807, 2.05) is 7.05 Å². The van der Waals surface area contributed by atoms with Crippen LogP contribution in [0, 0.1) is 5.92 Å². The number of hydrogen-bond donors (Lipinski definition) is 2. The first-order valence-electron chi connectivity index (χ1n) is 12.2. The molecule has 188 valence electrons. The maximum atomic E-state index is 5.90. The van der Waals surface area contributed by atoms with Crippen molar-refractivity contribution in [1.82, 2.24) is 20.4 Å². The molecule has 7 nitrogen and oxygen atoms in total. The van der Waals surface area contributed by atoms with Gasteiger partial charge in [0.25, 0.3) is 0 Å². The molecule has 1 aromatic carbocycles. The second-order valence-electron chi connectivity index (χ2n) is 9.49. The van der Waals surface area contributed by atoms with Gasteiger partial charge in [0.15, 0.2) is 5.96 Å². The molecule has 0 bridgehead atoms. The smallest absolute Gasteiger partial charge is 0.191 e. The summed E-state index contributed by atoms with van der Waals surface area (Å²) in [6.45, 7) is 17.1. The second kappa shape index (κ2) is 14.5. The third-order valence-electron chi connectivity index (χ3n) is 6.44. The Labute approximate surface area is 217 Å². The first-order chi connectivity index (χ1) is 15.5. The first kappa shape index (κ1) is 28.3. The summed E-state index contributed by atoms with van der Waals surface area (Å²) in [5, 5.41) is 7.09. The van der Waals surface area contributed by atoms with Gasteiger partial charge in [0.2, 0.25) is 0 Å². The maximum absolute atomic E-state index is 5.90. The molecule has 2 aliphatic rings. The Bertz CT molecular complexity index is 717. The van der Waals surface area contributed by atoms with Crippen LogP contribution in [-0.4, -0.2) is 87.0 Å². The van der Waals surface area contributed by atoms with E-state index >= 15 is 0 Å². The molecule has 2 heterocycles. The van der Waals surface area contributed by atoms with Gasteiger partial charge in [0, 0.05) is 58.9 Å². The van der Waals surface area contributed by atoms with Crippen molar-refractivity contribution in [1.29, 1.82) is 0 Å². The highest BCUT2D eigenvalue weighted by molar-refractivity contribution is 14.0. The number of benzene rings is 1. The topological polar surface area (TPSA) is 61.4 Å². The molecule has 2 aliphatic heterocycles. The Morgan fingerprint density at radius 1 is 1.06 bits per heavy atom. The zero-order valence-corrected chi connectivity index (χ0v) is 23.4. The Balaban J connectivity index is 0.00000385. The number of hydrogen-bond acceptors (Lipinski definition) is 5. The zero-order valence-electron chi connectivity index (χ0n) is 21.0. The molecule has 0 radical (unpaired) electrons. The van der Waals surface area contributed by atoms with E-state index in [-0.39, 0.29) is 36.2 Å². The molecule has 0 saturated carbocycles. The van der Waals surface area contributed by atoms with Crippen LogP contribution in [0.15, 0.2) is 29.3 Å². The molecule has 3 unspecified atom stereocenters. The lowest BCUT2D eigenvalue weighted by atomic mass is 10.0. The number of morpholine rings is 2. The van der Waals surface area contributed by atoms with E-state index in [1.165, 1.54) is 11.1 Å². The quantitative estimate of drug-likeness (QED) is 0.284. The molecule has 2 saturated heterocycles. The van der Waals surface area contributed by atoms with Crippen LogP contribution >= 0.6 is 24.0 Å². The summed E-state index contributed by atoms with van der Waals surface area (Å²) in [7, 11) is 1.84. The van der Waals surface area contributed by atoms with E-state index in [0.29, 0.717) is 12.0 Å². The van der Waals surface area contributed by atoms with Gasteiger partial charge in [0.1, 0.15) is 0 Å². The summed E-state index contributed by atoms with van der Waals surface area (Å²) >= 11 is 0. The first-order valence-corrected chi connectivity index (χ1v) is 12.2. The van der Waals surface area contributed by atoms with Gasteiger partial charge in [-0.25, -0.2) is 0 Å². The predicted molar refractivity (Wildman–Crippen MR) is 146 cm³/mol. The second-order valence-corrected chi connectivity index (χ2v) is 9.49. The lowest BCUT2D eigenvalue weighted by molar-refractivity contribution is -0.0705. The summed E-state index contributed by atoms with van der Waals surface area (Å²) in [6, 6.07) is 9.18. The molecular weight excluding hydrogens is 529 g/mol. The average Bonchev–Trinajstić information content (AvgIpc) is 2.77. The molecule has 2 fully saturated rings. The van der Waals surface area contributed by atoms with Crippen LogP contribution < -0.4 is 10.6 Å². The van der Waals surface area contributed by atoms with Crippen molar-refractivity contribution in [2.75, 3.05) is 53.0 Å². The Morgan fingerprint density at radius 2 is 1.70 bits per heavy atom. The number of rotatable bonds is 8. The molecule has 0 aromatic heterocycles. The molecule has 0 amide bonds. The van der Waals surface area contributed by atoms with E-state index in [0.717, 1.165) is 65.0 Å². The van der Waals surface area contributed by atoms with Crippen LogP contribution in [0.5, 0.6) is 0 Å². The van der Waals surface area contributed by atoms with Crippen molar-refractivity contribution < 1.29 is 9.47 Å². The molecule has 2 N–H and O–H groups in total. The molecule has 33 heavy (non-hydrogen) atoms. The van der Waals surface area contributed by atoms with Crippen molar-refractivity contribution in [3.05, 3.63) is 35.4 Å². The van der Waals surface area contributed by atoms with Gasteiger partial charge >= 0.3 is 0 Å². The monoisotopic (exact) mass is 573 g/mol. The summed E-state index contributed by atoms with van der Waals surface area (Å²) in [4.78, 5) is 9.51. The van der Waals surface area contributed by atoms with Gasteiger partial charge in [-0.1, -0.05) is 38.1 Å². The molecule has 1 aromatic rings. The van der Waals surface area contributed by atoms with E-state index < -0.39 is 0 Å². The van der Waals surface area contributed by atoms with Crippen LogP contribution in [-0.2, 0) is 22.6 Å². The highest BCUT2D eigenvalue weighted by Gasteiger charge is 2.24. The molecule has 3 rings (SSSR count). The van der Waals surface area contributed by atoms with E-state index in [2.05, 4.69) is 77.4 Å². The SMILES string of the molecule is CN=C(NCc1ccccc1CN1CC(C)OC(C)C1)NCC(C(C)C)N1CCOCC1.I. The standard InChI is InChI=1S/C25H43N5O2.HI/c1-19(2)24(30-10-12-31-13-11-30)15-28-25(26-5)27-14-22-8-6-7-9-23(22)18-29-16-20(3)32-21(4)17-29;/h6-9,19-21,24H,10-18H2,1-5H3,(H2,26,27,28);1H. The van der Waals surface area contributed by atoms with Crippen molar-refractivity contribution in [3.63, 3.8) is 0 Å². The molecular formula is C25H44IN5O2. The van der Waals surface area contributed by atoms with Gasteiger partial charge in [-0.05, 0) is 30.9 Å². The summed E-state index contributed by atoms with van der Waals surface area (Å²) < 4.78 is 11.4. The highest BCUT2D eigenvalue weighted by Crippen LogP contribution is 2.17. The lowest BCUT2D eigenvalue weighted by Crippen LogP contribution is -2.52. The van der Waals surface area contributed by atoms with Crippen LogP contribution in [0.2, 0.25) is 0 Å². The fourth-order valence-electron chi connectivity index (χ4n) is 4.83. The summed E-state index contributed by atoms with van der Waals surface area (Å²) in [5.74, 6) is 1.42. The maximum Gasteiger partial charge on any atom is 0.191 e. The number of ether oxygens (including phenoxy) is 2. The number of nitrogens with zero attached hydrogens (tertiary/aromatic N) is 3. The number of halogens is 1. The average molecular weight is 574 g/mol. The third-order valence-corrected chi connectivity index (χ3v) is 6.44. The Morgan fingerprint density at radius 3 is 2.30 bits per heavy atom. The zero-order chi connectivity index (χ0) is 22.9. The van der Waals surface area contributed by atoms with Crippen LogP contribution in [0.3, 0.4) is 0 Å². The number of guanidine groups is 1. The highest BCUT2D eigenvalue weighted by atomic mass is 127. The lowest BCUT2D eigenvalue weighted by Gasteiger charge is -2.37. The van der Waals surface area contributed by atoms with Crippen molar-refractivity contribution in [3.8, 4) is 0 Å². The van der Waals surface area contributed by atoms with Crippen molar-refractivity contribution in [2.24, 2.45) is 10.9 Å². The van der Waals surface area contributed by atoms with Gasteiger partial charge < -0.3 is 20.1 Å². The van der Waals surface area contributed by atoms with Crippen LogP contribution in [0.4, 0.5) is 0 Å². The van der Waals surface area contributed by atoms with Gasteiger partial charge in [-0.15, -0.1) is 24.0 Å². The van der Waals surface area contributed by atoms with Crippen LogP contribution in [0.1, 0.15) is 38.8 Å². The summed E-state index contributed by atoms with van der Waals surface area (Å²) in [6.07, 6.45) is 0.569. The van der Waals surface area contributed by atoms with E-state index in [4.69, 9.17) is 9.47 Å². The minimum Gasteiger partial charge on any atom is -0.379 e. The molecule has 8 heteroatoms. The minimum atomic E-state index is 0. The van der Waals surface area contributed by atoms with Crippen molar-refractivity contribution >= 4 is 29.9 Å². The van der Waals surface area contributed by atoms with Gasteiger partial charge in [-0.3, -0.25) is 14.8 Å². The van der Waals surface area contributed by atoms with Gasteiger partial charge in [-0.2, -0.15) is 0 Å². The fraction of sp³-hybridized carbons (Fsp3) is 0.720. The van der Waals surface area contributed by atoms with Crippen LogP contribution in [0.25, 0.3) is 0 Å². The minimum absolute atomic E-state index is 0. The fourth-order valence-corrected chi connectivity index (χ4v) is 4.83. The third kappa shape index (κ3) is 8.98. The van der Waals surface area contributed by atoms with E-state index in [9.17, 15) is 0 Å². The molecule has 0 spiro atoms. The van der Waals surface area contributed by atoms with Gasteiger partial charge in [0.05, 0.1) is 25.4 Å². The van der Waals surface area contributed by atoms with E-state index in [1.54, 1.807) is 0 Å². The largest absolute Gasteiger partial charge is 0.379 e. The Hall–Kier alpha value is -0.940. The molecule has 0 aliphatic carbocycles.